The van der Waals surface area contributed by atoms with Crippen molar-refractivity contribution < 1.29 is 4.74 Å². The van der Waals surface area contributed by atoms with Crippen LogP contribution in [-0.2, 0) is 0 Å². The molecule has 15 heavy (non-hydrogen) atoms. The van der Waals surface area contributed by atoms with Crippen LogP contribution >= 0.6 is 12.2 Å². The minimum Gasteiger partial charge on any atom is -0.497 e. The van der Waals surface area contributed by atoms with Gasteiger partial charge in [0.15, 0.2) is 0 Å². The van der Waals surface area contributed by atoms with Gasteiger partial charge in [-0.05, 0) is 31.5 Å². The van der Waals surface area contributed by atoms with E-state index in [1.165, 1.54) is 5.56 Å². The molecule has 1 aromatic carbocycles. The Balaban J connectivity index is 2.82. The molecule has 0 aliphatic carbocycles. The highest BCUT2D eigenvalue weighted by Crippen LogP contribution is 2.21. The Morgan fingerprint density at radius 3 is 2.27 bits per heavy atom. The first-order valence-electron chi connectivity index (χ1n) is 4.93. The van der Waals surface area contributed by atoms with Gasteiger partial charge in [-0.2, -0.15) is 0 Å². The first kappa shape index (κ1) is 12.0. The van der Waals surface area contributed by atoms with Crippen LogP contribution in [0.25, 0.3) is 0 Å². The molecule has 0 fully saturated rings. The molecule has 0 amide bonds. The molecule has 0 radical (unpaired) electrons. The fraction of sp³-hybridized carbons (Fsp3) is 0.417. The molecule has 0 saturated heterocycles. The topological polar surface area (TPSA) is 12.5 Å². The maximum Gasteiger partial charge on any atom is 0.118 e. The number of benzene rings is 1. The number of hydrogen-bond donors (Lipinski definition) is 0. The van der Waals surface area contributed by atoms with Crippen molar-refractivity contribution in [2.45, 2.75) is 19.9 Å². The Hall–Kier alpha value is -1.09. The van der Waals surface area contributed by atoms with E-state index in [1.54, 1.807) is 7.11 Å². The first-order valence-corrected chi connectivity index (χ1v) is 5.34. The number of nitrogens with zero attached hydrogens (tertiary/aromatic N) is 1. The fourth-order valence-corrected chi connectivity index (χ4v) is 1.54. The summed E-state index contributed by atoms with van der Waals surface area (Å²) in [5.74, 6) is 0.882. The van der Waals surface area contributed by atoms with Gasteiger partial charge in [0.05, 0.1) is 18.1 Å². The van der Waals surface area contributed by atoms with Crippen molar-refractivity contribution in [3.05, 3.63) is 29.8 Å². The van der Waals surface area contributed by atoms with Crippen LogP contribution in [0, 0.1) is 0 Å². The number of thiocarbonyl (C=S) groups is 1. The summed E-state index contributed by atoms with van der Waals surface area (Å²) in [6.45, 7) is 4.08. The van der Waals surface area contributed by atoms with Crippen molar-refractivity contribution in [2.24, 2.45) is 0 Å². The van der Waals surface area contributed by atoms with Gasteiger partial charge in [0.25, 0.3) is 0 Å². The molecule has 0 N–H and O–H groups in total. The molecule has 0 aliphatic heterocycles. The molecule has 0 aliphatic rings. The minimum atomic E-state index is 0.299. The standard InChI is InChI=1S/C12H17NOS/c1-9(13(3)10(2)15)11-5-7-12(14-4)8-6-11/h5-9H,1-4H3. The third kappa shape index (κ3) is 2.93. The van der Waals surface area contributed by atoms with Gasteiger partial charge in [0.2, 0.25) is 0 Å². The molecule has 1 atom stereocenters. The van der Waals surface area contributed by atoms with Crippen LogP contribution in [0.15, 0.2) is 24.3 Å². The Morgan fingerprint density at radius 1 is 1.33 bits per heavy atom. The smallest absolute Gasteiger partial charge is 0.118 e. The van der Waals surface area contributed by atoms with Gasteiger partial charge < -0.3 is 9.64 Å². The van der Waals surface area contributed by atoms with E-state index in [2.05, 4.69) is 24.0 Å². The summed E-state index contributed by atoms with van der Waals surface area (Å²) >= 11 is 5.14. The van der Waals surface area contributed by atoms with Crippen molar-refractivity contribution >= 4 is 17.2 Å². The summed E-state index contributed by atoms with van der Waals surface area (Å²) in [7, 11) is 3.68. The number of methoxy groups -OCH3 is 1. The van der Waals surface area contributed by atoms with Crippen LogP contribution in [0.3, 0.4) is 0 Å². The summed E-state index contributed by atoms with van der Waals surface area (Å²) in [4.78, 5) is 2.98. The highest BCUT2D eigenvalue weighted by molar-refractivity contribution is 7.80. The molecular weight excluding hydrogens is 206 g/mol. The van der Waals surface area contributed by atoms with E-state index in [-0.39, 0.29) is 0 Å². The van der Waals surface area contributed by atoms with Crippen molar-refractivity contribution in [1.82, 2.24) is 4.90 Å². The lowest BCUT2D eigenvalue weighted by molar-refractivity contribution is 0.402. The second-order valence-corrected chi connectivity index (χ2v) is 4.17. The first-order chi connectivity index (χ1) is 7.06. The van der Waals surface area contributed by atoms with Gasteiger partial charge in [-0.25, -0.2) is 0 Å². The van der Waals surface area contributed by atoms with Gasteiger partial charge in [0.1, 0.15) is 5.75 Å². The average molecular weight is 223 g/mol. The summed E-state index contributed by atoms with van der Waals surface area (Å²) in [6, 6.07) is 8.38. The van der Waals surface area contributed by atoms with Crippen LogP contribution in [0.5, 0.6) is 5.75 Å². The van der Waals surface area contributed by atoms with E-state index in [4.69, 9.17) is 17.0 Å². The second-order valence-electron chi connectivity index (χ2n) is 3.58. The lowest BCUT2D eigenvalue weighted by Gasteiger charge is -2.26. The fourth-order valence-electron chi connectivity index (χ4n) is 1.38. The third-order valence-corrected chi connectivity index (χ3v) is 2.96. The third-order valence-electron chi connectivity index (χ3n) is 2.68. The molecular formula is C12H17NOS. The molecule has 3 heteroatoms. The Labute approximate surface area is 96.9 Å². The van der Waals surface area contributed by atoms with Gasteiger partial charge in [0, 0.05) is 7.05 Å². The molecule has 1 rings (SSSR count). The zero-order valence-electron chi connectivity index (χ0n) is 9.65. The highest BCUT2D eigenvalue weighted by Gasteiger charge is 2.11. The van der Waals surface area contributed by atoms with Crippen molar-refractivity contribution in [3.8, 4) is 5.75 Å². The van der Waals surface area contributed by atoms with Crippen LogP contribution in [0.1, 0.15) is 25.5 Å². The van der Waals surface area contributed by atoms with Crippen LogP contribution in [-0.4, -0.2) is 24.0 Å². The van der Waals surface area contributed by atoms with E-state index in [0.29, 0.717) is 6.04 Å². The molecule has 0 spiro atoms. The van der Waals surface area contributed by atoms with Crippen molar-refractivity contribution in [2.75, 3.05) is 14.2 Å². The number of rotatable bonds is 3. The largest absolute Gasteiger partial charge is 0.497 e. The zero-order valence-corrected chi connectivity index (χ0v) is 10.5. The van der Waals surface area contributed by atoms with Gasteiger partial charge >= 0.3 is 0 Å². The van der Waals surface area contributed by atoms with Crippen LogP contribution in [0.2, 0.25) is 0 Å². The lowest BCUT2D eigenvalue weighted by atomic mass is 10.1. The Bertz CT molecular complexity index is 334. The summed E-state index contributed by atoms with van der Waals surface area (Å²) in [5, 5.41) is 0. The summed E-state index contributed by atoms with van der Waals surface area (Å²) in [5.41, 5.74) is 1.24. The summed E-state index contributed by atoms with van der Waals surface area (Å²) < 4.78 is 5.12. The average Bonchev–Trinajstić information content (AvgIpc) is 2.27. The van der Waals surface area contributed by atoms with E-state index < -0.39 is 0 Å². The summed E-state index contributed by atoms with van der Waals surface area (Å²) in [6.07, 6.45) is 0. The van der Waals surface area contributed by atoms with E-state index in [9.17, 15) is 0 Å². The Kier molecular flexibility index (Phi) is 4.09. The van der Waals surface area contributed by atoms with Crippen LogP contribution < -0.4 is 4.74 Å². The normalized spacial score (nSPS) is 12.0. The quantitative estimate of drug-likeness (QED) is 0.731. The molecule has 1 unspecified atom stereocenters. The highest BCUT2D eigenvalue weighted by atomic mass is 32.1. The van der Waals surface area contributed by atoms with E-state index >= 15 is 0 Å². The number of ether oxygens (including phenoxy) is 1. The zero-order chi connectivity index (χ0) is 11.4. The van der Waals surface area contributed by atoms with E-state index in [0.717, 1.165) is 10.7 Å². The van der Waals surface area contributed by atoms with Gasteiger partial charge in [-0.1, -0.05) is 24.4 Å². The molecule has 82 valence electrons. The second kappa shape index (κ2) is 5.12. The number of hydrogen-bond acceptors (Lipinski definition) is 2. The maximum atomic E-state index is 5.14. The van der Waals surface area contributed by atoms with Gasteiger partial charge in [-0.15, -0.1) is 0 Å². The van der Waals surface area contributed by atoms with Crippen LogP contribution in [0.4, 0.5) is 0 Å². The van der Waals surface area contributed by atoms with Gasteiger partial charge in [-0.3, -0.25) is 0 Å². The molecule has 0 bridgehead atoms. The molecule has 2 nitrogen and oxygen atoms in total. The Morgan fingerprint density at radius 2 is 1.87 bits per heavy atom. The predicted molar refractivity (Wildman–Crippen MR) is 67.4 cm³/mol. The maximum absolute atomic E-state index is 5.14. The van der Waals surface area contributed by atoms with Crippen molar-refractivity contribution in [1.29, 1.82) is 0 Å². The lowest BCUT2D eigenvalue weighted by Crippen LogP contribution is -2.25. The molecule has 0 saturated carbocycles. The monoisotopic (exact) mass is 223 g/mol. The van der Waals surface area contributed by atoms with Crippen molar-refractivity contribution in [3.63, 3.8) is 0 Å². The molecule has 0 heterocycles. The predicted octanol–water partition coefficient (Wildman–Crippen LogP) is 3.04. The molecule has 1 aromatic rings. The molecule has 0 aromatic heterocycles. The SMILES string of the molecule is COc1ccc(C(C)N(C)C(C)=S)cc1. The van der Waals surface area contributed by atoms with E-state index in [1.807, 2.05) is 26.1 Å². The minimum absolute atomic E-state index is 0.299.